The first kappa shape index (κ1) is 16.9. The summed E-state index contributed by atoms with van der Waals surface area (Å²) in [5, 5.41) is 7.43. The molecule has 3 heterocycles. The average molecular weight is 356 g/mol. The zero-order valence-electron chi connectivity index (χ0n) is 15.4. The summed E-state index contributed by atoms with van der Waals surface area (Å²) < 4.78 is 8.65. The van der Waals surface area contributed by atoms with E-state index in [2.05, 4.69) is 17.3 Å². The number of furan rings is 1. The maximum atomic E-state index is 12.8. The van der Waals surface area contributed by atoms with Gasteiger partial charge in [-0.25, -0.2) is 4.68 Å². The van der Waals surface area contributed by atoms with E-state index in [0.29, 0.717) is 22.8 Å². The summed E-state index contributed by atoms with van der Waals surface area (Å²) in [4.78, 5) is 25.2. The van der Waals surface area contributed by atoms with Gasteiger partial charge in [0.1, 0.15) is 23.6 Å². The van der Waals surface area contributed by atoms with E-state index in [1.54, 1.807) is 10.5 Å². The Morgan fingerprint density at radius 1 is 1.27 bits per heavy atom. The molecule has 0 radical (unpaired) electrons. The summed E-state index contributed by atoms with van der Waals surface area (Å²) in [6, 6.07) is 3.80. The van der Waals surface area contributed by atoms with E-state index >= 15 is 0 Å². The molecular weight excluding hydrogens is 332 g/mol. The lowest BCUT2D eigenvalue weighted by Gasteiger charge is -2.29. The highest BCUT2D eigenvalue weighted by molar-refractivity contribution is 5.83. The van der Waals surface area contributed by atoms with Gasteiger partial charge >= 0.3 is 0 Å². The third-order valence-electron chi connectivity index (χ3n) is 5.41. The zero-order chi connectivity index (χ0) is 18.4. The highest BCUT2D eigenvalue weighted by Gasteiger charge is 2.23. The predicted octanol–water partition coefficient (Wildman–Crippen LogP) is 2.55. The second kappa shape index (κ2) is 6.30. The van der Waals surface area contributed by atoms with Crippen LogP contribution in [0.4, 0.5) is 0 Å². The van der Waals surface area contributed by atoms with Crippen molar-refractivity contribution < 1.29 is 9.21 Å². The lowest BCUT2D eigenvalue weighted by atomic mass is 9.86. The van der Waals surface area contributed by atoms with E-state index in [0.717, 1.165) is 30.5 Å². The quantitative estimate of drug-likeness (QED) is 0.782. The lowest BCUT2D eigenvalue weighted by Crippen LogP contribution is -2.44. The highest BCUT2D eigenvalue weighted by atomic mass is 16.3. The molecule has 1 N–H and O–H groups in total. The number of amides is 1. The molecule has 0 spiro atoms. The number of nitrogens with zero attached hydrogens (tertiary/aromatic N) is 3. The van der Waals surface area contributed by atoms with Crippen molar-refractivity contribution >= 4 is 22.5 Å². The van der Waals surface area contributed by atoms with E-state index in [-0.39, 0.29) is 24.1 Å². The summed E-state index contributed by atoms with van der Waals surface area (Å²) >= 11 is 0. The average Bonchev–Trinajstić information content (AvgIpc) is 3.10. The maximum absolute atomic E-state index is 12.8. The molecule has 1 aliphatic rings. The molecule has 0 unspecified atom stereocenters. The normalized spacial score (nSPS) is 20.7. The first-order chi connectivity index (χ1) is 12.4. The van der Waals surface area contributed by atoms with Crippen LogP contribution in [0, 0.1) is 19.8 Å². The van der Waals surface area contributed by atoms with Gasteiger partial charge in [-0.15, -0.1) is 0 Å². The minimum Gasteiger partial charge on any atom is -0.460 e. The smallest absolute Gasteiger partial charge is 0.291 e. The van der Waals surface area contributed by atoms with Gasteiger partial charge in [-0.2, -0.15) is 5.10 Å². The van der Waals surface area contributed by atoms with E-state index in [4.69, 9.17) is 4.42 Å². The first-order valence-corrected chi connectivity index (χ1v) is 9.22. The number of fused-ring (bicyclic) bond motifs is 3. The van der Waals surface area contributed by atoms with E-state index in [9.17, 15) is 9.59 Å². The molecule has 7 nitrogen and oxygen atoms in total. The monoisotopic (exact) mass is 356 g/mol. The van der Waals surface area contributed by atoms with Crippen LogP contribution in [-0.4, -0.2) is 26.1 Å². The van der Waals surface area contributed by atoms with Gasteiger partial charge in [0.25, 0.3) is 5.56 Å². The number of carbonyl (C=O) groups excluding carboxylic acids is 1. The van der Waals surface area contributed by atoms with Gasteiger partial charge in [0.05, 0.1) is 5.52 Å². The van der Waals surface area contributed by atoms with Gasteiger partial charge in [0.15, 0.2) is 5.58 Å². The Labute approximate surface area is 151 Å². The lowest BCUT2D eigenvalue weighted by molar-refractivity contribution is -0.123. The van der Waals surface area contributed by atoms with Crippen molar-refractivity contribution in [3.05, 3.63) is 34.1 Å². The van der Waals surface area contributed by atoms with Crippen LogP contribution in [0.25, 0.3) is 16.6 Å². The van der Waals surface area contributed by atoms with Crippen molar-refractivity contribution in [1.29, 1.82) is 0 Å². The Morgan fingerprint density at radius 2 is 2.04 bits per heavy atom. The van der Waals surface area contributed by atoms with Crippen LogP contribution in [0.1, 0.15) is 44.2 Å². The molecule has 1 saturated carbocycles. The summed E-state index contributed by atoms with van der Waals surface area (Å²) in [5.74, 6) is 1.75. The van der Waals surface area contributed by atoms with Gasteiger partial charge in [-0.3, -0.25) is 14.0 Å². The van der Waals surface area contributed by atoms with Crippen LogP contribution >= 0.6 is 0 Å². The molecule has 3 aromatic heterocycles. The molecule has 138 valence electrons. The van der Waals surface area contributed by atoms with Crippen molar-refractivity contribution in [2.45, 2.75) is 59.0 Å². The largest absolute Gasteiger partial charge is 0.460 e. The molecule has 7 heteroatoms. The van der Waals surface area contributed by atoms with Crippen molar-refractivity contribution in [2.24, 2.45) is 5.92 Å². The number of nitrogens with one attached hydrogen (secondary N) is 1. The Morgan fingerprint density at radius 3 is 2.81 bits per heavy atom. The number of aryl methyl sites for hydroxylation is 2. The third kappa shape index (κ3) is 2.81. The molecule has 0 bridgehead atoms. The van der Waals surface area contributed by atoms with Gasteiger partial charge in [0.2, 0.25) is 5.91 Å². The molecular formula is C19H24N4O3. The van der Waals surface area contributed by atoms with E-state index in [1.807, 2.05) is 19.9 Å². The molecule has 0 aromatic carbocycles. The van der Waals surface area contributed by atoms with Crippen molar-refractivity contribution in [1.82, 2.24) is 19.5 Å². The number of rotatable bonds is 3. The Kier molecular flexibility index (Phi) is 4.09. The number of aromatic nitrogens is 3. The molecule has 0 saturated heterocycles. The molecule has 4 rings (SSSR count). The van der Waals surface area contributed by atoms with Crippen LogP contribution in [0.15, 0.2) is 21.3 Å². The second-order valence-electron chi connectivity index (χ2n) is 7.42. The minimum absolute atomic E-state index is 0.0645. The van der Waals surface area contributed by atoms with Gasteiger partial charge in [-0.05, 0) is 32.6 Å². The van der Waals surface area contributed by atoms with Gasteiger partial charge in [0, 0.05) is 18.2 Å². The number of carbonyl (C=O) groups is 1. The molecule has 1 aliphatic carbocycles. The summed E-state index contributed by atoms with van der Waals surface area (Å²) in [6.45, 7) is 5.80. The Bertz CT molecular complexity index is 1040. The van der Waals surface area contributed by atoms with Crippen LogP contribution < -0.4 is 10.9 Å². The fourth-order valence-corrected chi connectivity index (χ4v) is 4.04. The van der Waals surface area contributed by atoms with E-state index < -0.39 is 0 Å². The van der Waals surface area contributed by atoms with Crippen molar-refractivity contribution in [3.8, 4) is 0 Å². The van der Waals surface area contributed by atoms with Crippen molar-refractivity contribution in [3.63, 3.8) is 0 Å². The fourth-order valence-electron chi connectivity index (χ4n) is 4.04. The van der Waals surface area contributed by atoms with Crippen LogP contribution in [0.2, 0.25) is 0 Å². The molecule has 26 heavy (non-hydrogen) atoms. The fraction of sp³-hybridized carbons (Fsp3) is 0.526. The van der Waals surface area contributed by atoms with Gasteiger partial charge in [-0.1, -0.05) is 19.8 Å². The summed E-state index contributed by atoms with van der Waals surface area (Å²) in [7, 11) is 0. The zero-order valence-corrected chi connectivity index (χ0v) is 15.4. The number of hydrogen-bond donors (Lipinski definition) is 1. The second-order valence-corrected chi connectivity index (χ2v) is 7.42. The Hall–Kier alpha value is -2.57. The van der Waals surface area contributed by atoms with Gasteiger partial charge < -0.3 is 9.73 Å². The molecule has 1 amide bonds. The molecule has 0 aliphatic heterocycles. The number of hydrogen-bond acceptors (Lipinski definition) is 4. The van der Waals surface area contributed by atoms with Crippen LogP contribution in [-0.2, 0) is 11.3 Å². The summed E-state index contributed by atoms with van der Waals surface area (Å²) in [5.41, 5.74) is 1.67. The molecule has 1 fully saturated rings. The minimum atomic E-state index is -0.286. The standard InChI is InChI=1S/C19H24N4O3/c1-11-6-4-5-7-14(11)20-18(24)10-22-19(25)16-9-17-15(8-12(2)26-17)23(16)13(3)21-22/h8-9,11,14H,4-7,10H2,1-3H3,(H,20,24)/t11-,14+/m0/s1. The van der Waals surface area contributed by atoms with Crippen molar-refractivity contribution in [2.75, 3.05) is 0 Å². The predicted molar refractivity (Wildman–Crippen MR) is 98.3 cm³/mol. The molecule has 2 atom stereocenters. The maximum Gasteiger partial charge on any atom is 0.291 e. The van der Waals surface area contributed by atoms with Crippen LogP contribution in [0.3, 0.4) is 0 Å². The summed E-state index contributed by atoms with van der Waals surface area (Å²) in [6.07, 6.45) is 4.50. The van der Waals surface area contributed by atoms with E-state index in [1.165, 1.54) is 11.1 Å². The molecule has 3 aromatic rings. The van der Waals surface area contributed by atoms with Crippen LogP contribution in [0.5, 0.6) is 0 Å². The SMILES string of the molecule is Cc1cc2c(cc3c(=O)n(CC(=O)N[C@@H]4CCCC[C@@H]4C)nc(C)n32)o1. The highest BCUT2D eigenvalue weighted by Crippen LogP contribution is 2.24. The third-order valence-corrected chi connectivity index (χ3v) is 5.41. The first-order valence-electron chi connectivity index (χ1n) is 9.22. The Balaban J connectivity index is 1.63. The topological polar surface area (TPSA) is 81.5 Å².